The van der Waals surface area contributed by atoms with Crippen LogP contribution in [0.3, 0.4) is 0 Å². The van der Waals surface area contributed by atoms with Crippen molar-refractivity contribution in [1.29, 1.82) is 0 Å². The van der Waals surface area contributed by atoms with Gasteiger partial charge < -0.3 is 4.42 Å². The quantitative estimate of drug-likeness (QED) is 0.564. The summed E-state index contributed by atoms with van der Waals surface area (Å²) in [6.07, 6.45) is -3.66. The number of fused-ring (bicyclic) bond motifs is 1. The molecule has 0 bridgehead atoms. The average Bonchev–Trinajstić information content (AvgIpc) is 3.11. The number of anilines is 1. The van der Waals surface area contributed by atoms with Crippen molar-refractivity contribution < 1.29 is 22.4 Å². The van der Waals surface area contributed by atoms with Gasteiger partial charge in [-0.3, -0.25) is 15.1 Å². The molecule has 1 amide bonds. The zero-order valence-corrected chi connectivity index (χ0v) is 14.1. The summed E-state index contributed by atoms with van der Waals surface area (Å²) < 4.78 is 43.5. The number of hydrogen-bond donors (Lipinski definition) is 1. The minimum absolute atomic E-state index is 0.0585. The van der Waals surface area contributed by atoms with Crippen molar-refractivity contribution in [3.63, 3.8) is 0 Å². The van der Waals surface area contributed by atoms with E-state index in [1.54, 1.807) is 59.9 Å². The van der Waals surface area contributed by atoms with Gasteiger partial charge in [0.25, 0.3) is 0 Å². The standard InChI is InChI=1S/C19H11F3N4O2/c20-19(21,22)18(27)26-17-15(11-6-2-1-3-7-11)25-16(28-17)14-10-23-12-8-4-5-9-13(12)24-14/h1-10H,(H,26,27). The van der Waals surface area contributed by atoms with Crippen molar-refractivity contribution in [1.82, 2.24) is 15.0 Å². The Morgan fingerprint density at radius 3 is 2.32 bits per heavy atom. The van der Waals surface area contributed by atoms with Crippen LogP contribution in [0.15, 0.2) is 65.2 Å². The molecule has 1 N–H and O–H groups in total. The van der Waals surface area contributed by atoms with Crippen LogP contribution >= 0.6 is 0 Å². The van der Waals surface area contributed by atoms with Gasteiger partial charge in [0, 0.05) is 5.56 Å². The molecule has 0 unspecified atom stereocenters. The Hall–Kier alpha value is -3.75. The van der Waals surface area contributed by atoms with Gasteiger partial charge in [-0.1, -0.05) is 42.5 Å². The van der Waals surface area contributed by atoms with Crippen molar-refractivity contribution in [3.05, 3.63) is 60.8 Å². The van der Waals surface area contributed by atoms with Gasteiger partial charge in [0.1, 0.15) is 11.4 Å². The van der Waals surface area contributed by atoms with Crippen LogP contribution in [0.1, 0.15) is 0 Å². The van der Waals surface area contributed by atoms with Crippen LogP contribution in [0.2, 0.25) is 0 Å². The zero-order chi connectivity index (χ0) is 19.7. The fourth-order valence-electron chi connectivity index (χ4n) is 2.54. The number of alkyl halides is 3. The highest BCUT2D eigenvalue weighted by Crippen LogP contribution is 2.33. The monoisotopic (exact) mass is 384 g/mol. The summed E-state index contributed by atoms with van der Waals surface area (Å²) in [7, 11) is 0. The van der Waals surface area contributed by atoms with E-state index in [1.807, 2.05) is 0 Å². The number of carbonyl (C=O) groups is 1. The highest BCUT2D eigenvalue weighted by atomic mass is 19.4. The van der Waals surface area contributed by atoms with Crippen molar-refractivity contribution in [2.45, 2.75) is 6.18 Å². The third kappa shape index (κ3) is 3.41. The molecule has 2 aromatic heterocycles. The van der Waals surface area contributed by atoms with Crippen molar-refractivity contribution in [2.24, 2.45) is 0 Å². The van der Waals surface area contributed by atoms with Gasteiger partial charge in [-0.05, 0) is 12.1 Å². The van der Waals surface area contributed by atoms with Gasteiger partial charge in [0.2, 0.25) is 11.8 Å². The lowest BCUT2D eigenvalue weighted by Crippen LogP contribution is -2.29. The zero-order valence-electron chi connectivity index (χ0n) is 14.1. The number of aromatic nitrogens is 3. The van der Waals surface area contributed by atoms with Crippen LogP contribution in [0.5, 0.6) is 0 Å². The Balaban J connectivity index is 1.81. The molecule has 0 atom stereocenters. The Morgan fingerprint density at radius 1 is 0.929 bits per heavy atom. The van der Waals surface area contributed by atoms with Crippen LogP contribution in [0.25, 0.3) is 33.9 Å². The summed E-state index contributed by atoms with van der Waals surface area (Å²) in [5.41, 5.74) is 1.97. The molecule has 0 aliphatic carbocycles. The number of oxazole rings is 1. The van der Waals surface area contributed by atoms with Crippen molar-refractivity contribution >= 4 is 22.8 Å². The molecular formula is C19H11F3N4O2. The molecule has 28 heavy (non-hydrogen) atoms. The fourth-order valence-corrected chi connectivity index (χ4v) is 2.54. The van der Waals surface area contributed by atoms with E-state index in [9.17, 15) is 18.0 Å². The highest BCUT2D eigenvalue weighted by molar-refractivity contribution is 5.96. The predicted molar refractivity (Wildman–Crippen MR) is 95.2 cm³/mol. The molecular weight excluding hydrogens is 373 g/mol. The number of nitrogens with one attached hydrogen (secondary N) is 1. The van der Waals surface area contributed by atoms with Gasteiger partial charge in [-0.15, -0.1) is 0 Å². The molecule has 6 nitrogen and oxygen atoms in total. The van der Waals surface area contributed by atoms with E-state index in [-0.39, 0.29) is 17.3 Å². The van der Waals surface area contributed by atoms with Crippen LogP contribution in [0.4, 0.5) is 19.1 Å². The lowest BCUT2D eigenvalue weighted by molar-refractivity contribution is -0.167. The first-order valence-corrected chi connectivity index (χ1v) is 8.08. The van der Waals surface area contributed by atoms with E-state index < -0.39 is 18.0 Å². The molecule has 4 rings (SSSR count). The van der Waals surface area contributed by atoms with Gasteiger partial charge in [0.15, 0.2) is 0 Å². The number of nitrogens with zero attached hydrogens (tertiary/aromatic N) is 3. The van der Waals surface area contributed by atoms with Crippen LogP contribution < -0.4 is 5.32 Å². The second-order valence-electron chi connectivity index (χ2n) is 5.76. The maximum atomic E-state index is 12.7. The predicted octanol–water partition coefficient (Wildman–Crippen LogP) is 4.45. The van der Waals surface area contributed by atoms with Crippen molar-refractivity contribution in [2.75, 3.05) is 5.32 Å². The van der Waals surface area contributed by atoms with Crippen LogP contribution in [-0.4, -0.2) is 27.0 Å². The molecule has 2 heterocycles. The Labute approximate surface area is 156 Å². The molecule has 9 heteroatoms. The Morgan fingerprint density at radius 2 is 1.61 bits per heavy atom. The molecule has 0 saturated carbocycles. The van der Waals surface area contributed by atoms with Crippen LogP contribution in [-0.2, 0) is 4.79 Å². The molecule has 0 radical (unpaired) electrons. The number of hydrogen-bond acceptors (Lipinski definition) is 5. The smallest absolute Gasteiger partial charge is 0.418 e. The van der Waals surface area contributed by atoms with Crippen LogP contribution in [0, 0.1) is 0 Å². The second-order valence-corrected chi connectivity index (χ2v) is 5.76. The number of para-hydroxylation sites is 2. The number of rotatable bonds is 3. The topological polar surface area (TPSA) is 80.9 Å². The molecule has 0 fully saturated rings. The summed E-state index contributed by atoms with van der Waals surface area (Å²) in [5.74, 6) is -2.63. The lowest BCUT2D eigenvalue weighted by atomic mass is 10.1. The minimum Gasteiger partial charge on any atom is -0.418 e. The molecule has 2 aromatic carbocycles. The first-order chi connectivity index (χ1) is 13.4. The van der Waals surface area contributed by atoms with Crippen molar-refractivity contribution in [3.8, 4) is 22.8 Å². The maximum Gasteiger partial charge on any atom is 0.471 e. The molecule has 0 spiro atoms. The Bertz CT molecular complexity index is 1160. The summed E-state index contributed by atoms with van der Waals surface area (Å²) in [5, 5.41) is 1.74. The second kappa shape index (κ2) is 6.76. The van der Waals surface area contributed by atoms with E-state index in [2.05, 4.69) is 15.0 Å². The largest absolute Gasteiger partial charge is 0.471 e. The third-order valence-electron chi connectivity index (χ3n) is 3.83. The first kappa shape index (κ1) is 17.7. The SMILES string of the molecule is O=C(Nc1oc(-c2cnc3ccccc3n2)nc1-c1ccccc1)C(F)(F)F. The normalized spacial score (nSPS) is 11.5. The van der Waals surface area contributed by atoms with Gasteiger partial charge in [-0.25, -0.2) is 9.97 Å². The summed E-state index contributed by atoms with van der Waals surface area (Å²) >= 11 is 0. The molecule has 0 aliphatic rings. The average molecular weight is 384 g/mol. The number of carbonyl (C=O) groups excluding carboxylic acids is 1. The first-order valence-electron chi connectivity index (χ1n) is 8.08. The van der Waals surface area contributed by atoms with Gasteiger partial charge >= 0.3 is 12.1 Å². The lowest BCUT2D eigenvalue weighted by Gasteiger charge is -2.06. The third-order valence-corrected chi connectivity index (χ3v) is 3.83. The molecule has 4 aromatic rings. The molecule has 0 aliphatic heterocycles. The Kier molecular flexibility index (Phi) is 4.26. The minimum atomic E-state index is -5.07. The summed E-state index contributed by atoms with van der Waals surface area (Å²) in [6.45, 7) is 0. The highest BCUT2D eigenvalue weighted by Gasteiger charge is 2.40. The van der Waals surface area contributed by atoms with Gasteiger partial charge in [0.05, 0.1) is 17.2 Å². The number of benzene rings is 2. The van der Waals surface area contributed by atoms with Gasteiger partial charge in [-0.2, -0.15) is 13.2 Å². The fraction of sp³-hybridized carbons (Fsp3) is 0.0526. The van der Waals surface area contributed by atoms with E-state index in [4.69, 9.17) is 4.42 Å². The summed E-state index contributed by atoms with van der Waals surface area (Å²) in [4.78, 5) is 24.2. The van der Waals surface area contributed by atoms with E-state index in [0.717, 1.165) is 0 Å². The van der Waals surface area contributed by atoms with E-state index in [0.29, 0.717) is 16.6 Å². The summed E-state index contributed by atoms with van der Waals surface area (Å²) in [6, 6.07) is 15.5. The molecule has 0 saturated heterocycles. The van der Waals surface area contributed by atoms with E-state index in [1.165, 1.54) is 6.20 Å². The van der Waals surface area contributed by atoms with E-state index >= 15 is 0 Å². The number of halogens is 3. The number of amides is 1. The molecule has 140 valence electrons. The maximum absolute atomic E-state index is 12.7.